The molecule has 0 aromatic carbocycles. The van der Waals surface area contributed by atoms with Gasteiger partial charge in [-0.05, 0) is 131 Å². The number of nitrogens with one attached hydrogen (secondary N) is 3. The monoisotopic (exact) mass is 698 g/mol. The summed E-state index contributed by atoms with van der Waals surface area (Å²) >= 11 is 0. The third-order valence-electron chi connectivity index (χ3n) is 16.0. The molecule has 0 aromatic rings. The molecular formula is C41H71N5O4. The average Bonchev–Trinajstić information content (AvgIpc) is 3.54. The molecular weight excluding hydrogens is 626 g/mol. The number of hydrogen-bond donors (Lipinski definition) is 3. The average molecular weight is 698 g/mol. The van der Waals surface area contributed by atoms with Gasteiger partial charge < -0.3 is 35.2 Å². The van der Waals surface area contributed by atoms with Crippen molar-refractivity contribution in [3.05, 3.63) is 0 Å². The third-order valence-corrected chi connectivity index (χ3v) is 16.0. The molecule has 7 fully saturated rings. The van der Waals surface area contributed by atoms with Crippen LogP contribution in [-0.2, 0) is 9.47 Å². The zero-order valence-electron chi connectivity index (χ0n) is 32.4. The summed E-state index contributed by atoms with van der Waals surface area (Å²) in [5.41, 5.74) is 0.728. The van der Waals surface area contributed by atoms with Gasteiger partial charge in [0.1, 0.15) is 0 Å². The molecule has 50 heavy (non-hydrogen) atoms. The standard InChI is InChI=1S/C41H71N5O4/c1-27-14-19-41(49-26-27)28(2)36-35(50-41)25-34-32-13-12-29-24-30(15-17-39(29,3)33(32)16-18-40(34,36)4)44-38(48)46(31-10-8-7-9-11-31)23-21-43-37(47)42-20-22-45(5)6/h27-36H,7-26H2,1-6H3,(H,44,48)(H2,42,43,47)/t27-,28-,29+,30+,32+,33-,34-,35-,36?,39-,40-,41+/m0/s1. The van der Waals surface area contributed by atoms with Crippen LogP contribution in [0.5, 0.6) is 0 Å². The number of carbonyl (C=O) groups excluding carboxylic acids is 2. The number of rotatable bonds is 8. The van der Waals surface area contributed by atoms with E-state index in [9.17, 15) is 9.59 Å². The van der Waals surface area contributed by atoms with Crippen LogP contribution in [0.25, 0.3) is 0 Å². The maximum Gasteiger partial charge on any atom is 0.317 e. The van der Waals surface area contributed by atoms with Gasteiger partial charge in [0.25, 0.3) is 0 Å². The van der Waals surface area contributed by atoms with Gasteiger partial charge >= 0.3 is 12.1 Å². The molecule has 284 valence electrons. The van der Waals surface area contributed by atoms with Crippen LogP contribution in [0.1, 0.15) is 124 Å². The summed E-state index contributed by atoms with van der Waals surface area (Å²) in [5.74, 6) is 4.46. The summed E-state index contributed by atoms with van der Waals surface area (Å²) in [5, 5.41) is 9.48. The molecule has 5 saturated carbocycles. The van der Waals surface area contributed by atoms with Crippen molar-refractivity contribution in [3.8, 4) is 0 Å². The summed E-state index contributed by atoms with van der Waals surface area (Å²) in [7, 11) is 4.00. The molecule has 0 bridgehead atoms. The predicted octanol–water partition coefficient (Wildman–Crippen LogP) is 7.01. The van der Waals surface area contributed by atoms with Crippen molar-refractivity contribution < 1.29 is 19.1 Å². The highest BCUT2D eigenvalue weighted by Crippen LogP contribution is 2.71. The van der Waals surface area contributed by atoms with E-state index in [0.717, 1.165) is 63.0 Å². The van der Waals surface area contributed by atoms with Crippen molar-refractivity contribution in [2.75, 3.05) is 46.9 Å². The lowest BCUT2D eigenvalue weighted by Crippen LogP contribution is -2.57. The summed E-state index contributed by atoms with van der Waals surface area (Å²) in [6.45, 7) is 13.4. The molecule has 3 N–H and O–H groups in total. The molecule has 12 atom stereocenters. The van der Waals surface area contributed by atoms with Crippen molar-refractivity contribution in [1.29, 1.82) is 0 Å². The van der Waals surface area contributed by atoms with Crippen LogP contribution in [0, 0.1) is 52.3 Å². The highest BCUT2D eigenvalue weighted by molar-refractivity contribution is 5.75. The SMILES string of the molecule is C[C@H]1CC[C@@]2(OC1)O[C@H]1C[C@H]3[C@@H]4CC[C@@H]5C[C@H](NC(=O)N(CCNC(=O)NCCN(C)C)C6CCCCC6)CC[C@]5(C)[C@H]4CC[C@]3(C)C1[C@@H]2C. The van der Waals surface area contributed by atoms with Gasteiger partial charge in [0.05, 0.1) is 12.7 Å². The van der Waals surface area contributed by atoms with Gasteiger partial charge in [0.2, 0.25) is 0 Å². The van der Waals surface area contributed by atoms with Gasteiger partial charge in [-0.1, -0.05) is 47.0 Å². The van der Waals surface area contributed by atoms with Crippen LogP contribution in [0.15, 0.2) is 0 Å². The fourth-order valence-electron chi connectivity index (χ4n) is 13.3. The molecule has 7 rings (SSSR count). The first-order valence-electron chi connectivity index (χ1n) is 21.0. The van der Waals surface area contributed by atoms with Gasteiger partial charge in [0.15, 0.2) is 5.79 Å². The Labute approximate surface area is 303 Å². The van der Waals surface area contributed by atoms with Crippen molar-refractivity contribution in [1.82, 2.24) is 25.8 Å². The largest absolute Gasteiger partial charge is 0.349 e. The highest BCUT2D eigenvalue weighted by atomic mass is 16.7. The molecule has 2 heterocycles. The van der Waals surface area contributed by atoms with Crippen molar-refractivity contribution >= 4 is 12.1 Å². The first-order chi connectivity index (χ1) is 23.9. The molecule has 1 unspecified atom stereocenters. The molecule has 7 aliphatic rings. The Hall–Kier alpha value is -1.58. The van der Waals surface area contributed by atoms with Crippen molar-refractivity contribution in [2.24, 2.45) is 52.3 Å². The predicted molar refractivity (Wildman–Crippen MR) is 198 cm³/mol. The quantitative estimate of drug-likeness (QED) is 0.254. The number of urea groups is 2. The second-order valence-electron chi connectivity index (χ2n) is 19.1. The van der Waals surface area contributed by atoms with Crippen LogP contribution >= 0.6 is 0 Å². The maximum absolute atomic E-state index is 14.0. The van der Waals surface area contributed by atoms with Gasteiger partial charge in [-0.3, -0.25) is 0 Å². The Balaban J connectivity index is 0.950. The Morgan fingerprint density at radius 3 is 2.26 bits per heavy atom. The van der Waals surface area contributed by atoms with E-state index in [1.54, 1.807) is 0 Å². The van der Waals surface area contributed by atoms with Gasteiger partial charge in [-0.15, -0.1) is 0 Å². The fourth-order valence-corrected chi connectivity index (χ4v) is 13.3. The van der Waals surface area contributed by atoms with E-state index in [2.05, 4.69) is 53.4 Å². The van der Waals surface area contributed by atoms with E-state index in [4.69, 9.17) is 9.47 Å². The van der Waals surface area contributed by atoms with Crippen LogP contribution in [-0.4, -0.2) is 92.7 Å². The summed E-state index contributed by atoms with van der Waals surface area (Å²) in [4.78, 5) is 30.5. The molecule has 5 aliphatic carbocycles. The number of nitrogens with zero attached hydrogens (tertiary/aromatic N) is 2. The second kappa shape index (κ2) is 14.7. The van der Waals surface area contributed by atoms with Crippen LogP contribution < -0.4 is 16.0 Å². The second-order valence-corrected chi connectivity index (χ2v) is 19.1. The number of fused-ring (bicyclic) bond motifs is 7. The lowest BCUT2D eigenvalue weighted by molar-refractivity contribution is -0.273. The van der Waals surface area contributed by atoms with E-state index in [1.165, 1.54) is 64.2 Å². The maximum atomic E-state index is 14.0. The van der Waals surface area contributed by atoms with Crippen molar-refractivity contribution in [3.63, 3.8) is 0 Å². The molecule has 4 amide bonds. The van der Waals surface area contributed by atoms with Gasteiger partial charge in [-0.2, -0.15) is 0 Å². The fraction of sp³-hybridized carbons (Fsp3) is 0.951. The molecule has 0 aromatic heterocycles. The minimum Gasteiger partial charge on any atom is -0.349 e. The summed E-state index contributed by atoms with van der Waals surface area (Å²) in [6.07, 6.45) is 18.4. The van der Waals surface area contributed by atoms with Crippen molar-refractivity contribution in [2.45, 2.75) is 148 Å². The first-order valence-corrected chi connectivity index (χ1v) is 21.0. The molecule has 9 nitrogen and oxygen atoms in total. The number of amides is 4. The number of hydrogen-bond acceptors (Lipinski definition) is 5. The summed E-state index contributed by atoms with van der Waals surface area (Å²) < 4.78 is 13.6. The highest BCUT2D eigenvalue weighted by Gasteiger charge is 2.69. The van der Waals surface area contributed by atoms with Gasteiger partial charge in [0, 0.05) is 50.6 Å². The smallest absolute Gasteiger partial charge is 0.317 e. The van der Waals surface area contributed by atoms with E-state index in [0.29, 0.717) is 60.2 Å². The summed E-state index contributed by atoms with van der Waals surface area (Å²) in [6, 6.07) is 0.446. The molecule has 2 aliphatic heterocycles. The zero-order valence-corrected chi connectivity index (χ0v) is 32.4. The Morgan fingerprint density at radius 2 is 1.54 bits per heavy atom. The van der Waals surface area contributed by atoms with E-state index < -0.39 is 0 Å². The van der Waals surface area contributed by atoms with E-state index in [-0.39, 0.29) is 29.9 Å². The lowest BCUT2D eigenvalue weighted by atomic mass is 9.44. The van der Waals surface area contributed by atoms with Gasteiger partial charge in [-0.25, -0.2) is 9.59 Å². The molecule has 1 spiro atoms. The van der Waals surface area contributed by atoms with Crippen LogP contribution in [0.2, 0.25) is 0 Å². The third kappa shape index (κ3) is 6.83. The van der Waals surface area contributed by atoms with E-state index >= 15 is 0 Å². The number of carbonyl (C=O) groups is 2. The minimum absolute atomic E-state index is 0.0863. The number of ether oxygens (including phenoxy) is 2. The zero-order chi connectivity index (χ0) is 35.3. The lowest BCUT2D eigenvalue weighted by Gasteiger charge is -2.61. The minimum atomic E-state index is -0.331. The molecule has 2 saturated heterocycles. The van der Waals surface area contributed by atoms with E-state index in [1.807, 2.05) is 14.1 Å². The topological polar surface area (TPSA) is 95.2 Å². The van der Waals surface area contributed by atoms with Crippen LogP contribution in [0.4, 0.5) is 9.59 Å². The molecule has 0 radical (unpaired) electrons. The molecule has 9 heteroatoms. The first kappa shape index (κ1) is 36.8. The Morgan fingerprint density at radius 1 is 0.800 bits per heavy atom. The normalized spacial score (nSPS) is 44.2. The Kier molecular flexibility index (Phi) is 10.8. The number of likely N-dealkylation sites (N-methyl/N-ethyl adjacent to an activating group) is 1. The Bertz CT molecular complexity index is 1200. The van der Waals surface area contributed by atoms with Crippen LogP contribution in [0.3, 0.4) is 0 Å².